The smallest absolute Gasteiger partial charge is 0.119 e. The standard InChI is InChI=1S/C14H20Cl2N2O/c15-12-2-4-14(5-3-12)19-11-1-8-18-9-6-13(17-16)7-10-18/h2-5,13,17H,1,6-11H2. The minimum atomic E-state index is 0.475. The summed E-state index contributed by atoms with van der Waals surface area (Å²) in [6.45, 7) is 4.06. The van der Waals surface area contributed by atoms with Gasteiger partial charge in [-0.3, -0.25) is 0 Å². The van der Waals surface area contributed by atoms with E-state index >= 15 is 0 Å². The molecule has 0 amide bonds. The van der Waals surface area contributed by atoms with Crippen LogP contribution in [-0.2, 0) is 0 Å². The summed E-state index contributed by atoms with van der Waals surface area (Å²) in [6, 6.07) is 7.98. The van der Waals surface area contributed by atoms with Gasteiger partial charge in [0, 0.05) is 17.6 Å². The highest BCUT2D eigenvalue weighted by atomic mass is 35.5. The van der Waals surface area contributed by atoms with E-state index < -0.39 is 0 Å². The fourth-order valence-electron chi connectivity index (χ4n) is 2.27. The Bertz CT molecular complexity index is 364. The van der Waals surface area contributed by atoms with E-state index in [9.17, 15) is 0 Å². The van der Waals surface area contributed by atoms with Crippen LogP contribution in [0.2, 0.25) is 5.02 Å². The molecule has 2 rings (SSSR count). The highest BCUT2D eigenvalue weighted by Gasteiger charge is 2.17. The number of nitrogens with zero attached hydrogens (tertiary/aromatic N) is 1. The van der Waals surface area contributed by atoms with Crippen molar-refractivity contribution in [2.45, 2.75) is 25.3 Å². The van der Waals surface area contributed by atoms with Crippen LogP contribution in [-0.4, -0.2) is 37.2 Å². The Morgan fingerprint density at radius 1 is 1.21 bits per heavy atom. The number of halogens is 2. The lowest BCUT2D eigenvalue weighted by Crippen LogP contribution is -2.40. The van der Waals surface area contributed by atoms with E-state index in [1.54, 1.807) is 0 Å². The van der Waals surface area contributed by atoms with Gasteiger partial charge in [-0.25, -0.2) is 4.84 Å². The Morgan fingerprint density at radius 2 is 1.89 bits per heavy atom. The lowest BCUT2D eigenvalue weighted by molar-refractivity contribution is 0.190. The summed E-state index contributed by atoms with van der Waals surface area (Å²) in [4.78, 5) is 5.30. The van der Waals surface area contributed by atoms with Crippen molar-refractivity contribution < 1.29 is 4.74 Å². The Labute approximate surface area is 124 Å². The number of ether oxygens (including phenoxy) is 1. The Balaban J connectivity index is 1.58. The number of hydrogen-bond donors (Lipinski definition) is 1. The zero-order chi connectivity index (χ0) is 13.5. The molecule has 106 valence electrons. The highest BCUT2D eigenvalue weighted by molar-refractivity contribution is 6.30. The van der Waals surface area contributed by atoms with Gasteiger partial charge in [0.2, 0.25) is 0 Å². The van der Waals surface area contributed by atoms with Crippen LogP contribution in [0.25, 0.3) is 0 Å². The molecular weight excluding hydrogens is 283 g/mol. The molecule has 0 spiro atoms. The van der Waals surface area contributed by atoms with Crippen molar-refractivity contribution in [2.24, 2.45) is 0 Å². The molecular formula is C14H20Cl2N2O. The average Bonchev–Trinajstić information content (AvgIpc) is 2.46. The summed E-state index contributed by atoms with van der Waals surface area (Å²) < 4.78 is 5.68. The third-order valence-electron chi connectivity index (χ3n) is 3.44. The lowest BCUT2D eigenvalue weighted by Gasteiger charge is -2.30. The number of benzene rings is 1. The molecule has 1 aliphatic rings. The van der Waals surface area contributed by atoms with Gasteiger partial charge < -0.3 is 9.64 Å². The summed E-state index contributed by atoms with van der Waals surface area (Å²) in [5.74, 6) is 0.884. The van der Waals surface area contributed by atoms with E-state index in [1.165, 1.54) is 0 Å². The molecule has 1 aromatic carbocycles. The third kappa shape index (κ3) is 5.19. The number of likely N-dealkylation sites (tertiary alicyclic amines) is 1. The Kier molecular flexibility index (Phi) is 6.24. The van der Waals surface area contributed by atoms with E-state index in [2.05, 4.69) is 9.74 Å². The molecule has 19 heavy (non-hydrogen) atoms. The maximum atomic E-state index is 5.82. The topological polar surface area (TPSA) is 24.5 Å². The van der Waals surface area contributed by atoms with Crippen LogP contribution in [0.5, 0.6) is 5.75 Å². The minimum absolute atomic E-state index is 0.475. The second-order valence-corrected chi connectivity index (χ2v) is 5.54. The van der Waals surface area contributed by atoms with Crippen molar-refractivity contribution in [1.82, 2.24) is 9.74 Å². The van der Waals surface area contributed by atoms with Gasteiger partial charge in [0.1, 0.15) is 5.75 Å². The lowest BCUT2D eigenvalue weighted by atomic mass is 10.1. The van der Waals surface area contributed by atoms with Gasteiger partial charge in [0.05, 0.1) is 6.61 Å². The van der Waals surface area contributed by atoms with Crippen molar-refractivity contribution in [3.05, 3.63) is 29.3 Å². The molecule has 3 nitrogen and oxygen atoms in total. The molecule has 5 heteroatoms. The van der Waals surface area contributed by atoms with E-state index in [-0.39, 0.29) is 0 Å². The molecule has 0 aromatic heterocycles. The predicted octanol–water partition coefficient (Wildman–Crippen LogP) is 3.32. The van der Waals surface area contributed by atoms with E-state index in [0.717, 1.165) is 56.3 Å². The first-order valence-corrected chi connectivity index (χ1v) is 7.50. The maximum absolute atomic E-state index is 5.82. The van der Waals surface area contributed by atoms with Crippen LogP contribution in [0.3, 0.4) is 0 Å². The van der Waals surface area contributed by atoms with Crippen molar-refractivity contribution in [2.75, 3.05) is 26.2 Å². The SMILES string of the molecule is ClNC1CCN(CCCOc2ccc(Cl)cc2)CC1. The first-order chi connectivity index (χ1) is 9.28. The normalized spacial score (nSPS) is 17.6. The van der Waals surface area contributed by atoms with Crippen LogP contribution >= 0.6 is 23.4 Å². The zero-order valence-corrected chi connectivity index (χ0v) is 12.5. The molecule has 0 aliphatic carbocycles. The van der Waals surface area contributed by atoms with Crippen LogP contribution in [0, 0.1) is 0 Å². The first kappa shape index (κ1) is 14.9. The van der Waals surface area contributed by atoms with Crippen LogP contribution < -0.4 is 9.57 Å². The maximum Gasteiger partial charge on any atom is 0.119 e. The molecule has 1 N–H and O–H groups in total. The molecule has 0 radical (unpaired) electrons. The highest BCUT2D eigenvalue weighted by Crippen LogP contribution is 2.16. The fourth-order valence-corrected chi connectivity index (χ4v) is 2.62. The molecule has 0 atom stereocenters. The van der Waals surface area contributed by atoms with Gasteiger partial charge in [-0.05, 0) is 68.4 Å². The summed E-state index contributed by atoms with van der Waals surface area (Å²) in [5.41, 5.74) is 0. The fraction of sp³-hybridized carbons (Fsp3) is 0.571. The molecule has 0 unspecified atom stereocenters. The third-order valence-corrected chi connectivity index (χ3v) is 4.00. The summed E-state index contributed by atoms with van der Waals surface area (Å²) >= 11 is 11.5. The average molecular weight is 303 g/mol. The zero-order valence-electron chi connectivity index (χ0n) is 10.9. The largest absolute Gasteiger partial charge is 0.494 e. The molecule has 1 aromatic rings. The van der Waals surface area contributed by atoms with Crippen molar-refractivity contribution in [1.29, 1.82) is 0 Å². The molecule has 0 saturated carbocycles. The molecule has 1 aliphatic heterocycles. The van der Waals surface area contributed by atoms with Crippen LogP contribution in [0.15, 0.2) is 24.3 Å². The van der Waals surface area contributed by atoms with Gasteiger partial charge in [-0.1, -0.05) is 11.6 Å². The van der Waals surface area contributed by atoms with Gasteiger partial charge in [-0.15, -0.1) is 0 Å². The molecule has 1 fully saturated rings. The number of nitrogens with one attached hydrogen (secondary N) is 1. The second-order valence-electron chi connectivity index (χ2n) is 4.88. The molecule has 1 saturated heterocycles. The second kappa shape index (κ2) is 7.95. The minimum Gasteiger partial charge on any atom is -0.494 e. The monoisotopic (exact) mass is 302 g/mol. The molecule has 1 heterocycles. The van der Waals surface area contributed by atoms with E-state index in [0.29, 0.717) is 6.04 Å². The number of rotatable bonds is 6. The van der Waals surface area contributed by atoms with E-state index in [1.807, 2.05) is 24.3 Å². The molecule has 0 bridgehead atoms. The van der Waals surface area contributed by atoms with Crippen LogP contribution in [0.4, 0.5) is 0 Å². The van der Waals surface area contributed by atoms with Crippen molar-refractivity contribution in [3.8, 4) is 5.75 Å². The summed E-state index contributed by atoms with van der Waals surface area (Å²) in [6.07, 6.45) is 3.30. The van der Waals surface area contributed by atoms with Crippen molar-refractivity contribution in [3.63, 3.8) is 0 Å². The first-order valence-electron chi connectivity index (χ1n) is 6.75. The number of piperidine rings is 1. The summed E-state index contributed by atoms with van der Waals surface area (Å²) in [7, 11) is 0. The number of hydrogen-bond acceptors (Lipinski definition) is 3. The van der Waals surface area contributed by atoms with Gasteiger partial charge in [0.15, 0.2) is 0 Å². The Morgan fingerprint density at radius 3 is 2.53 bits per heavy atom. The van der Waals surface area contributed by atoms with Gasteiger partial charge in [-0.2, -0.15) is 0 Å². The van der Waals surface area contributed by atoms with Gasteiger partial charge in [0.25, 0.3) is 0 Å². The van der Waals surface area contributed by atoms with Crippen LogP contribution in [0.1, 0.15) is 19.3 Å². The predicted molar refractivity (Wildman–Crippen MR) is 80.0 cm³/mol. The quantitative estimate of drug-likeness (QED) is 0.644. The van der Waals surface area contributed by atoms with E-state index in [4.69, 9.17) is 28.1 Å². The van der Waals surface area contributed by atoms with Gasteiger partial charge >= 0.3 is 0 Å². The van der Waals surface area contributed by atoms with Crippen molar-refractivity contribution >= 4 is 23.4 Å². The summed E-state index contributed by atoms with van der Waals surface area (Å²) in [5, 5.41) is 0.739. The Hall–Kier alpha value is -0.480.